The fourth-order valence-electron chi connectivity index (χ4n) is 2.54. The molecule has 3 rings (SSSR count). The molecule has 0 spiro atoms. The van der Waals surface area contributed by atoms with Crippen LogP contribution in [0.2, 0.25) is 0 Å². The molecule has 5 heteroatoms. The summed E-state index contributed by atoms with van der Waals surface area (Å²) >= 11 is 0. The number of unbranched alkanes of at least 4 members (excludes halogenated alkanes) is 1. The Labute approximate surface area is 110 Å². The lowest BCUT2D eigenvalue weighted by atomic mass is 9.78. The van der Waals surface area contributed by atoms with Crippen molar-refractivity contribution < 1.29 is 0 Å². The van der Waals surface area contributed by atoms with Crippen molar-refractivity contribution in [2.24, 2.45) is 10.2 Å². The molecule has 0 atom stereocenters. The van der Waals surface area contributed by atoms with Gasteiger partial charge in [0.05, 0.1) is 11.5 Å². The van der Waals surface area contributed by atoms with E-state index in [1.807, 2.05) is 30.8 Å². The van der Waals surface area contributed by atoms with Crippen molar-refractivity contribution in [1.29, 1.82) is 5.26 Å². The summed E-state index contributed by atoms with van der Waals surface area (Å²) in [5.41, 5.74) is 1.70. The van der Waals surface area contributed by atoms with E-state index in [2.05, 4.69) is 26.2 Å². The van der Waals surface area contributed by atoms with Crippen LogP contribution in [0.3, 0.4) is 0 Å². The average molecular weight is 251 g/mol. The van der Waals surface area contributed by atoms with Gasteiger partial charge < -0.3 is 4.98 Å². The first-order valence-corrected chi connectivity index (χ1v) is 6.24. The summed E-state index contributed by atoms with van der Waals surface area (Å²) in [5, 5.41) is 17.8. The van der Waals surface area contributed by atoms with Crippen LogP contribution >= 0.6 is 0 Å². The van der Waals surface area contributed by atoms with Crippen LogP contribution in [0, 0.1) is 11.3 Å². The Morgan fingerprint density at radius 3 is 2.89 bits per heavy atom. The topological polar surface area (TPSA) is 77.2 Å². The van der Waals surface area contributed by atoms with E-state index < -0.39 is 0 Å². The lowest BCUT2D eigenvalue weighted by Gasteiger charge is -2.23. The van der Waals surface area contributed by atoms with Crippen LogP contribution in [0.15, 0.2) is 34.7 Å². The van der Waals surface area contributed by atoms with Gasteiger partial charge in [0.15, 0.2) is 0 Å². The van der Waals surface area contributed by atoms with Crippen LogP contribution in [0.25, 0.3) is 11.0 Å². The van der Waals surface area contributed by atoms with E-state index in [0.717, 1.165) is 29.4 Å². The summed E-state index contributed by atoms with van der Waals surface area (Å²) in [5.74, 6) is 0. The van der Waals surface area contributed by atoms with Gasteiger partial charge in [-0.15, -0.1) is 0 Å². The Morgan fingerprint density at radius 2 is 2.11 bits per heavy atom. The number of aromatic nitrogens is 2. The summed E-state index contributed by atoms with van der Waals surface area (Å²) in [6.07, 6.45) is 9.61. The van der Waals surface area contributed by atoms with Crippen molar-refractivity contribution in [2.75, 3.05) is 0 Å². The first kappa shape index (κ1) is 11.6. The normalized spacial score (nSPS) is 15.9. The van der Waals surface area contributed by atoms with Gasteiger partial charge in [-0.2, -0.15) is 15.5 Å². The second-order valence-corrected chi connectivity index (χ2v) is 4.64. The standard InChI is InChI=1S/C14H13N5/c15-6-2-1-5-14(9-18-19-10-14)12-4-8-17-13-11(12)3-7-16-13/h3-4,7-10H,1-2,5H2,(H,16,17). The Morgan fingerprint density at radius 1 is 1.26 bits per heavy atom. The predicted molar refractivity (Wildman–Crippen MR) is 74.2 cm³/mol. The molecule has 0 saturated carbocycles. The van der Waals surface area contributed by atoms with Crippen molar-refractivity contribution in [3.8, 4) is 6.07 Å². The lowest BCUT2D eigenvalue weighted by molar-refractivity contribution is 0.662. The first-order chi connectivity index (χ1) is 9.36. The molecule has 0 bridgehead atoms. The van der Waals surface area contributed by atoms with Crippen LogP contribution in [0.4, 0.5) is 0 Å². The van der Waals surface area contributed by atoms with Crippen LogP contribution in [0.1, 0.15) is 24.8 Å². The molecule has 1 aliphatic heterocycles. The van der Waals surface area contributed by atoms with Gasteiger partial charge >= 0.3 is 0 Å². The summed E-state index contributed by atoms with van der Waals surface area (Å²) < 4.78 is 0. The number of hydrogen-bond acceptors (Lipinski definition) is 4. The monoisotopic (exact) mass is 251 g/mol. The Bertz CT molecular complexity index is 677. The van der Waals surface area contributed by atoms with Gasteiger partial charge in [0, 0.05) is 36.6 Å². The van der Waals surface area contributed by atoms with E-state index in [1.165, 1.54) is 0 Å². The number of hydrogen-bond donors (Lipinski definition) is 1. The minimum absolute atomic E-state index is 0.305. The fourth-order valence-corrected chi connectivity index (χ4v) is 2.54. The maximum absolute atomic E-state index is 8.70. The third-order valence-electron chi connectivity index (χ3n) is 3.48. The van der Waals surface area contributed by atoms with Crippen molar-refractivity contribution >= 4 is 23.5 Å². The van der Waals surface area contributed by atoms with Gasteiger partial charge in [-0.05, 0) is 30.5 Å². The molecule has 0 fully saturated rings. The molecule has 0 saturated heterocycles. The van der Waals surface area contributed by atoms with Gasteiger partial charge in [0.1, 0.15) is 5.65 Å². The summed E-state index contributed by atoms with van der Waals surface area (Å²) in [4.78, 5) is 7.42. The van der Waals surface area contributed by atoms with Gasteiger partial charge in [0.2, 0.25) is 0 Å². The number of aromatic amines is 1. The van der Waals surface area contributed by atoms with Crippen molar-refractivity contribution in [3.05, 3.63) is 30.1 Å². The number of H-pyrrole nitrogens is 1. The SMILES string of the molecule is N#CCCCC1(c2ccnc3[nH]ccc23)C=NN=C1. The molecule has 0 aromatic carbocycles. The van der Waals surface area contributed by atoms with Crippen LogP contribution in [-0.2, 0) is 5.41 Å². The van der Waals surface area contributed by atoms with E-state index >= 15 is 0 Å². The molecule has 2 aromatic heterocycles. The van der Waals surface area contributed by atoms with Crippen LogP contribution in [-0.4, -0.2) is 22.4 Å². The average Bonchev–Trinajstić information content (AvgIpc) is 3.08. The zero-order valence-corrected chi connectivity index (χ0v) is 10.4. The molecule has 3 heterocycles. The zero-order valence-electron chi connectivity index (χ0n) is 10.4. The van der Waals surface area contributed by atoms with Gasteiger partial charge in [-0.1, -0.05) is 0 Å². The van der Waals surface area contributed by atoms with Crippen LogP contribution in [0.5, 0.6) is 0 Å². The zero-order chi connectivity index (χ0) is 13.1. The van der Waals surface area contributed by atoms with Crippen molar-refractivity contribution in [3.63, 3.8) is 0 Å². The maximum Gasteiger partial charge on any atom is 0.137 e. The molecular formula is C14H13N5. The number of nitrogens with one attached hydrogen (secondary N) is 1. The highest BCUT2D eigenvalue weighted by Gasteiger charge is 2.32. The van der Waals surface area contributed by atoms with E-state index in [9.17, 15) is 0 Å². The molecule has 0 aliphatic carbocycles. The van der Waals surface area contributed by atoms with Crippen molar-refractivity contribution in [2.45, 2.75) is 24.7 Å². The second kappa shape index (κ2) is 4.65. The molecular weight excluding hydrogens is 238 g/mol. The third kappa shape index (κ3) is 1.91. The molecule has 0 amide bonds. The first-order valence-electron chi connectivity index (χ1n) is 6.24. The minimum Gasteiger partial charge on any atom is -0.346 e. The highest BCUT2D eigenvalue weighted by Crippen LogP contribution is 2.33. The molecule has 0 unspecified atom stereocenters. The van der Waals surface area contributed by atoms with E-state index in [0.29, 0.717) is 6.42 Å². The van der Waals surface area contributed by atoms with Gasteiger partial charge in [-0.3, -0.25) is 0 Å². The Hall–Kier alpha value is -2.48. The highest BCUT2D eigenvalue weighted by atomic mass is 15.2. The highest BCUT2D eigenvalue weighted by molar-refractivity contribution is 6.03. The largest absolute Gasteiger partial charge is 0.346 e. The minimum atomic E-state index is -0.305. The number of nitrogens with zero attached hydrogens (tertiary/aromatic N) is 4. The molecule has 5 nitrogen and oxygen atoms in total. The Kier molecular flexibility index (Phi) is 2.84. The van der Waals surface area contributed by atoms with Crippen molar-refractivity contribution in [1.82, 2.24) is 9.97 Å². The quantitative estimate of drug-likeness (QED) is 0.848. The van der Waals surface area contributed by atoms with E-state index in [1.54, 1.807) is 6.20 Å². The lowest BCUT2D eigenvalue weighted by Crippen LogP contribution is -2.28. The summed E-state index contributed by atoms with van der Waals surface area (Å²) in [7, 11) is 0. The molecule has 94 valence electrons. The number of fused-ring (bicyclic) bond motifs is 1. The van der Waals surface area contributed by atoms with E-state index in [-0.39, 0.29) is 5.41 Å². The summed E-state index contributed by atoms with van der Waals surface area (Å²) in [6, 6.07) is 6.21. The predicted octanol–water partition coefficient (Wildman–Crippen LogP) is 2.56. The number of rotatable bonds is 4. The smallest absolute Gasteiger partial charge is 0.137 e. The Balaban J connectivity index is 2.05. The van der Waals surface area contributed by atoms with Crippen LogP contribution < -0.4 is 0 Å². The van der Waals surface area contributed by atoms with Gasteiger partial charge in [-0.25, -0.2) is 4.98 Å². The van der Waals surface area contributed by atoms with E-state index in [4.69, 9.17) is 5.26 Å². The van der Waals surface area contributed by atoms with Gasteiger partial charge in [0.25, 0.3) is 0 Å². The second-order valence-electron chi connectivity index (χ2n) is 4.64. The number of pyridine rings is 1. The fraction of sp³-hybridized carbons (Fsp3) is 0.286. The number of nitriles is 1. The molecule has 19 heavy (non-hydrogen) atoms. The third-order valence-corrected chi connectivity index (χ3v) is 3.48. The molecule has 1 aliphatic rings. The summed E-state index contributed by atoms with van der Waals surface area (Å²) in [6.45, 7) is 0. The molecule has 1 N–H and O–H groups in total. The maximum atomic E-state index is 8.70. The molecule has 2 aromatic rings. The molecule has 0 radical (unpaired) electrons.